The van der Waals surface area contributed by atoms with Gasteiger partial charge in [-0.3, -0.25) is 9.59 Å². The number of hydrogen-bond donors (Lipinski definition) is 1. The van der Waals surface area contributed by atoms with E-state index < -0.39 is 18.5 Å². The monoisotopic (exact) mass is 391 g/mol. The summed E-state index contributed by atoms with van der Waals surface area (Å²) in [7, 11) is 0. The summed E-state index contributed by atoms with van der Waals surface area (Å²) in [6.07, 6.45) is 0.710. The molecule has 1 amide bonds. The van der Waals surface area contributed by atoms with Crippen LogP contribution in [0.5, 0.6) is 5.75 Å². The van der Waals surface area contributed by atoms with Gasteiger partial charge < -0.3 is 14.8 Å². The van der Waals surface area contributed by atoms with Crippen LogP contribution in [0.3, 0.4) is 0 Å². The zero-order valence-electron chi connectivity index (χ0n) is 12.5. The van der Waals surface area contributed by atoms with Gasteiger partial charge in [0.25, 0.3) is 5.91 Å². The molecule has 0 saturated heterocycles. The van der Waals surface area contributed by atoms with Crippen LogP contribution in [0.15, 0.2) is 53.0 Å². The number of esters is 1. The number of anilines is 1. The van der Waals surface area contributed by atoms with Gasteiger partial charge in [-0.15, -0.1) is 0 Å². The molecule has 0 bridgehead atoms. The van der Waals surface area contributed by atoms with Crippen molar-refractivity contribution in [3.05, 3.63) is 58.6 Å². The van der Waals surface area contributed by atoms with E-state index in [0.29, 0.717) is 23.3 Å². The summed E-state index contributed by atoms with van der Waals surface area (Å²) in [5.41, 5.74) is 1.10. The van der Waals surface area contributed by atoms with Crippen LogP contribution >= 0.6 is 15.9 Å². The second kappa shape index (κ2) is 8.83. The summed E-state index contributed by atoms with van der Waals surface area (Å²) in [5.74, 6) is -0.688. The predicted octanol–water partition coefficient (Wildman–Crippen LogP) is 2.82. The van der Waals surface area contributed by atoms with Gasteiger partial charge in [-0.1, -0.05) is 22.0 Å². The fourth-order valence-corrected chi connectivity index (χ4v) is 2.14. The molecule has 0 aliphatic carbocycles. The van der Waals surface area contributed by atoms with Crippen LogP contribution < -0.4 is 10.1 Å². The van der Waals surface area contributed by atoms with Crippen molar-refractivity contribution in [2.24, 2.45) is 0 Å². The van der Waals surface area contributed by atoms with Crippen molar-refractivity contribution in [2.75, 3.05) is 18.5 Å². The Balaban J connectivity index is 1.72. The average Bonchev–Trinajstić information content (AvgIpc) is 2.58. The Labute approximate surface area is 146 Å². The van der Waals surface area contributed by atoms with E-state index in [1.807, 2.05) is 6.07 Å². The summed E-state index contributed by atoms with van der Waals surface area (Å²) < 4.78 is 10.9. The summed E-state index contributed by atoms with van der Waals surface area (Å²) >= 11 is 3.29. The lowest BCUT2D eigenvalue weighted by Gasteiger charge is -2.08. The van der Waals surface area contributed by atoms with E-state index in [1.54, 1.807) is 42.5 Å². The highest BCUT2D eigenvalue weighted by Crippen LogP contribution is 2.15. The zero-order chi connectivity index (χ0) is 17.4. The van der Waals surface area contributed by atoms with Crippen LogP contribution in [-0.2, 0) is 14.3 Å². The third kappa shape index (κ3) is 5.85. The highest BCUT2D eigenvalue weighted by molar-refractivity contribution is 9.10. The molecule has 2 aromatic carbocycles. The molecule has 0 saturated carbocycles. The molecule has 0 radical (unpaired) electrons. The van der Waals surface area contributed by atoms with Crippen LogP contribution in [0, 0.1) is 0 Å². The molecule has 0 unspecified atom stereocenters. The van der Waals surface area contributed by atoms with Gasteiger partial charge in [0, 0.05) is 15.7 Å². The lowest BCUT2D eigenvalue weighted by molar-refractivity contribution is -0.149. The molecule has 0 fully saturated rings. The summed E-state index contributed by atoms with van der Waals surface area (Å²) in [6.45, 7) is -0.733. The number of rotatable bonds is 7. The van der Waals surface area contributed by atoms with E-state index in [1.165, 1.54) is 0 Å². The number of carbonyl (C=O) groups is 3. The Hall–Kier alpha value is -2.67. The standard InChI is InChI=1S/C17H14BrNO5/c18-13-2-1-3-14(8-13)19-16(21)10-24-17(22)11-23-15-6-4-12(9-20)5-7-15/h1-9H,10-11H2,(H,19,21). The van der Waals surface area contributed by atoms with Crippen molar-refractivity contribution in [3.8, 4) is 5.75 Å². The van der Waals surface area contributed by atoms with Crippen LogP contribution in [0.25, 0.3) is 0 Å². The second-order valence-corrected chi connectivity index (χ2v) is 5.61. The van der Waals surface area contributed by atoms with Crippen LogP contribution in [-0.4, -0.2) is 31.4 Å². The lowest BCUT2D eigenvalue weighted by Crippen LogP contribution is -2.23. The Kier molecular flexibility index (Phi) is 6.51. The molecule has 2 rings (SSSR count). The fourth-order valence-electron chi connectivity index (χ4n) is 1.74. The molecule has 6 nitrogen and oxygen atoms in total. The summed E-state index contributed by atoms with van der Waals surface area (Å²) in [6, 6.07) is 13.3. The van der Waals surface area contributed by atoms with Gasteiger partial charge in [-0.05, 0) is 42.5 Å². The van der Waals surface area contributed by atoms with Crippen LogP contribution in [0.4, 0.5) is 5.69 Å². The number of hydrogen-bond acceptors (Lipinski definition) is 5. The second-order valence-electron chi connectivity index (χ2n) is 4.69. The van der Waals surface area contributed by atoms with E-state index in [4.69, 9.17) is 9.47 Å². The number of halogens is 1. The number of nitrogens with one attached hydrogen (secondary N) is 1. The minimum atomic E-state index is -0.668. The largest absolute Gasteiger partial charge is 0.482 e. The van der Waals surface area contributed by atoms with Crippen molar-refractivity contribution < 1.29 is 23.9 Å². The van der Waals surface area contributed by atoms with Gasteiger partial charge in [0.2, 0.25) is 0 Å². The fraction of sp³-hybridized carbons (Fsp3) is 0.118. The number of benzene rings is 2. The lowest BCUT2D eigenvalue weighted by atomic mass is 10.2. The molecule has 0 aliphatic rings. The molecular formula is C17H14BrNO5. The van der Waals surface area contributed by atoms with Crippen LogP contribution in [0.2, 0.25) is 0 Å². The van der Waals surface area contributed by atoms with E-state index in [-0.39, 0.29) is 6.61 Å². The first-order valence-corrected chi connectivity index (χ1v) is 7.75. The molecule has 0 aliphatic heterocycles. The highest BCUT2D eigenvalue weighted by atomic mass is 79.9. The topological polar surface area (TPSA) is 81.7 Å². The molecule has 2 aromatic rings. The van der Waals surface area contributed by atoms with Crippen LogP contribution in [0.1, 0.15) is 10.4 Å². The minimum absolute atomic E-state index is 0.329. The molecule has 0 spiro atoms. The van der Waals surface area contributed by atoms with Gasteiger partial charge in [0.05, 0.1) is 0 Å². The molecule has 0 atom stereocenters. The van der Waals surface area contributed by atoms with Gasteiger partial charge in [0.1, 0.15) is 12.0 Å². The first kappa shape index (κ1) is 17.7. The highest BCUT2D eigenvalue weighted by Gasteiger charge is 2.09. The molecular weight excluding hydrogens is 378 g/mol. The SMILES string of the molecule is O=Cc1ccc(OCC(=O)OCC(=O)Nc2cccc(Br)c2)cc1. The van der Waals surface area contributed by atoms with Crippen molar-refractivity contribution in [2.45, 2.75) is 0 Å². The Morgan fingerprint density at radius 3 is 2.50 bits per heavy atom. The maximum atomic E-state index is 11.7. The number of carbonyl (C=O) groups excluding carboxylic acids is 3. The Bertz CT molecular complexity index is 730. The van der Waals surface area contributed by atoms with Gasteiger partial charge in [-0.2, -0.15) is 0 Å². The maximum Gasteiger partial charge on any atom is 0.344 e. The zero-order valence-corrected chi connectivity index (χ0v) is 14.1. The summed E-state index contributed by atoms with van der Waals surface area (Å²) in [5, 5.41) is 2.60. The first-order chi connectivity index (χ1) is 11.6. The van der Waals surface area contributed by atoms with Crippen molar-refractivity contribution in [1.29, 1.82) is 0 Å². The third-order valence-corrected chi connectivity index (χ3v) is 3.34. The Morgan fingerprint density at radius 1 is 1.08 bits per heavy atom. The van der Waals surface area contributed by atoms with Gasteiger partial charge in [0.15, 0.2) is 13.2 Å². The molecule has 0 aromatic heterocycles. The molecule has 24 heavy (non-hydrogen) atoms. The summed E-state index contributed by atoms with van der Waals surface area (Å²) in [4.78, 5) is 33.8. The van der Waals surface area contributed by atoms with Crippen molar-refractivity contribution >= 4 is 39.8 Å². The minimum Gasteiger partial charge on any atom is -0.482 e. The molecule has 1 N–H and O–H groups in total. The third-order valence-electron chi connectivity index (χ3n) is 2.85. The average molecular weight is 392 g/mol. The Morgan fingerprint density at radius 2 is 1.83 bits per heavy atom. The van der Waals surface area contributed by atoms with E-state index in [0.717, 1.165) is 4.47 Å². The van der Waals surface area contributed by atoms with Gasteiger partial charge >= 0.3 is 5.97 Å². The molecule has 124 valence electrons. The van der Waals surface area contributed by atoms with Gasteiger partial charge in [-0.25, -0.2) is 4.79 Å². The van der Waals surface area contributed by atoms with E-state index >= 15 is 0 Å². The quantitative estimate of drug-likeness (QED) is 0.579. The number of aldehydes is 1. The van der Waals surface area contributed by atoms with Crippen molar-refractivity contribution in [1.82, 2.24) is 0 Å². The number of amides is 1. The van der Waals surface area contributed by atoms with Crippen molar-refractivity contribution in [3.63, 3.8) is 0 Å². The number of ether oxygens (including phenoxy) is 2. The van der Waals surface area contributed by atoms with E-state index in [9.17, 15) is 14.4 Å². The van der Waals surface area contributed by atoms with E-state index in [2.05, 4.69) is 21.2 Å². The normalized spacial score (nSPS) is 9.88. The smallest absolute Gasteiger partial charge is 0.344 e. The molecule has 7 heteroatoms. The predicted molar refractivity (Wildman–Crippen MR) is 91.1 cm³/mol. The first-order valence-electron chi connectivity index (χ1n) is 6.96. The maximum absolute atomic E-state index is 11.7. The molecule has 0 heterocycles.